The molecular weight excluding hydrogens is 368 g/mol. The molecule has 0 unspecified atom stereocenters. The highest BCUT2D eigenvalue weighted by atomic mass is 32.2. The van der Waals surface area contributed by atoms with E-state index in [1.165, 1.54) is 11.8 Å². The Balaban J connectivity index is 1.52. The summed E-state index contributed by atoms with van der Waals surface area (Å²) in [7, 11) is 0. The zero-order valence-corrected chi connectivity index (χ0v) is 16.3. The quantitative estimate of drug-likeness (QED) is 0.494. The van der Waals surface area contributed by atoms with E-state index in [-0.39, 0.29) is 5.91 Å². The first kappa shape index (κ1) is 18.3. The second kappa shape index (κ2) is 8.27. The van der Waals surface area contributed by atoms with Gasteiger partial charge in [-0.2, -0.15) is 0 Å². The van der Waals surface area contributed by atoms with Gasteiger partial charge < -0.3 is 9.88 Å². The number of para-hydroxylation sites is 2. The maximum absolute atomic E-state index is 12.4. The molecular formula is C22H20N4OS. The summed E-state index contributed by atoms with van der Waals surface area (Å²) in [5.74, 6) is 0.254. The van der Waals surface area contributed by atoms with Crippen molar-refractivity contribution in [2.24, 2.45) is 0 Å². The molecule has 2 aromatic carbocycles. The van der Waals surface area contributed by atoms with Crippen LogP contribution in [-0.4, -0.2) is 26.2 Å². The molecule has 0 spiro atoms. The Kier molecular flexibility index (Phi) is 5.39. The number of aryl methyl sites for hydroxylation is 1. The van der Waals surface area contributed by atoms with Crippen LogP contribution >= 0.6 is 11.8 Å². The monoisotopic (exact) mass is 388 g/mol. The van der Waals surface area contributed by atoms with Gasteiger partial charge in [0.1, 0.15) is 0 Å². The maximum atomic E-state index is 12.4. The van der Waals surface area contributed by atoms with Crippen molar-refractivity contribution in [3.63, 3.8) is 0 Å². The van der Waals surface area contributed by atoms with Gasteiger partial charge in [0, 0.05) is 18.1 Å². The lowest BCUT2D eigenvalue weighted by molar-refractivity contribution is -0.113. The minimum absolute atomic E-state index is 0.0450. The summed E-state index contributed by atoms with van der Waals surface area (Å²) in [4.78, 5) is 21.2. The molecule has 1 amide bonds. The number of thioether (sulfide) groups is 1. The summed E-state index contributed by atoms with van der Waals surface area (Å²) in [5, 5.41) is 3.77. The summed E-state index contributed by atoms with van der Waals surface area (Å²) < 4.78 is 2.15. The van der Waals surface area contributed by atoms with E-state index in [0.29, 0.717) is 12.3 Å². The summed E-state index contributed by atoms with van der Waals surface area (Å²) in [5.41, 5.74) is 5.10. The van der Waals surface area contributed by atoms with E-state index in [4.69, 9.17) is 4.98 Å². The fraction of sp³-hybridized carbons (Fsp3) is 0.136. The molecule has 1 N–H and O–H groups in total. The molecule has 2 aromatic heterocycles. The predicted octanol–water partition coefficient (Wildman–Crippen LogP) is 4.52. The molecule has 0 radical (unpaired) electrons. The lowest BCUT2D eigenvalue weighted by Gasteiger charge is -2.09. The van der Waals surface area contributed by atoms with Crippen LogP contribution in [0.4, 0.5) is 5.69 Å². The number of nitrogens with zero attached hydrogens (tertiary/aromatic N) is 3. The third-order valence-electron chi connectivity index (χ3n) is 4.38. The molecule has 140 valence electrons. The lowest BCUT2D eigenvalue weighted by Crippen LogP contribution is -2.14. The second-order valence-electron chi connectivity index (χ2n) is 6.53. The largest absolute Gasteiger partial charge is 0.325 e. The predicted molar refractivity (Wildman–Crippen MR) is 114 cm³/mol. The van der Waals surface area contributed by atoms with Crippen LogP contribution in [0.2, 0.25) is 0 Å². The summed E-state index contributed by atoms with van der Waals surface area (Å²) in [6.45, 7) is 2.71. The van der Waals surface area contributed by atoms with Crippen molar-refractivity contribution in [3.8, 4) is 0 Å². The van der Waals surface area contributed by atoms with E-state index in [1.807, 2.05) is 61.5 Å². The summed E-state index contributed by atoms with van der Waals surface area (Å²) >= 11 is 1.45. The normalized spacial score (nSPS) is 10.9. The van der Waals surface area contributed by atoms with E-state index in [1.54, 1.807) is 12.4 Å². The highest BCUT2D eigenvalue weighted by Gasteiger charge is 2.13. The fourth-order valence-electron chi connectivity index (χ4n) is 2.95. The van der Waals surface area contributed by atoms with Gasteiger partial charge in [-0.25, -0.2) is 4.98 Å². The number of carbonyl (C=O) groups excluding carboxylic acids is 1. The number of carbonyl (C=O) groups is 1. The van der Waals surface area contributed by atoms with E-state index in [9.17, 15) is 4.79 Å². The van der Waals surface area contributed by atoms with Gasteiger partial charge in [0.05, 0.1) is 23.3 Å². The van der Waals surface area contributed by atoms with Gasteiger partial charge >= 0.3 is 0 Å². The molecule has 0 aliphatic carbocycles. The van der Waals surface area contributed by atoms with Gasteiger partial charge in [0.15, 0.2) is 5.16 Å². The van der Waals surface area contributed by atoms with Crippen LogP contribution in [0.1, 0.15) is 11.1 Å². The number of benzene rings is 2. The van der Waals surface area contributed by atoms with Gasteiger partial charge in [-0.05, 0) is 48.9 Å². The molecule has 0 bridgehead atoms. The van der Waals surface area contributed by atoms with E-state index in [0.717, 1.165) is 33.0 Å². The second-order valence-corrected chi connectivity index (χ2v) is 7.47. The molecule has 28 heavy (non-hydrogen) atoms. The van der Waals surface area contributed by atoms with E-state index < -0.39 is 0 Å². The first-order valence-corrected chi connectivity index (χ1v) is 10.0. The van der Waals surface area contributed by atoms with Crippen molar-refractivity contribution >= 4 is 34.4 Å². The average molecular weight is 388 g/mol. The van der Waals surface area contributed by atoms with Gasteiger partial charge in [-0.1, -0.05) is 41.6 Å². The highest BCUT2D eigenvalue weighted by Crippen LogP contribution is 2.25. The molecule has 0 aliphatic rings. The van der Waals surface area contributed by atoms with E-state index in [2.05, 4.69) is 20.9 Å². The molecule has 4 aromatic rings. The first-order valence-electron chi connectivity index (χ1n) is 9.02. The third kappa shape index (κ3) is 4.23. The molecule has 0 saturated heterocycles. The Hall–Kier alpha value is -3.12. The van der Waals surface area contributed by atoms with Crippen LogP contribution in [0.5, 0.6) is 0 Å². The van der Waals surface area contributed by atoms with Crippen LogP contribution in [-0.2, 0) is 11.3 Å². The Labute approximate surface area is 167 Å². The number of nitrogens with one attached hydrogen (secondary N) is 1. The molecule has 6 heteroatoms. The fourth-order valence-corrected chi connectivity index (χ4v) is 3.77. The molecule has 0 fully saturated rings. The number of hydrogen-bond acceptors (Lipinski definition) is 4. The molecule has 0 atom stereocenters. The summed E-state index contributed by atoms with van der Waals surface area (Å²) in [6.07, 6.45) is 3.58. The third-order valence-corrected chi connectivity index (χ3v) is 5.35. The van der Waals surface area contributed by atoms with Crippen molar-refractivity contribution in [1.82, 2.24) is 14.5 Å². The number of anilines is 1. The van der Waals surface area contributed by atoms with Gasteiger partial charge in [-0.15, -0.1) is 0 Å². The van der Waals surface area contributed by atoms with E-state index >= 15 is 0 Å². The Bertz CT molecular complexity index is 1090. The van der Waals surface area contributed by atoms with Crippen LogP contribution in [0.3, 0.4) is 0 Å². The van der Waals surface area contributed by atoms with Gasteiger partial charge in [0.25, 0.3) is 0 Å². The van der Waals surface area contributed by atoms with Gasteiger partial charge in [-0.3, -0.25) is 9.78 Å². The van der Waals surface area contributed by atoms with Crippen molar-refractivity contribution in [2.75, 3.05) is 11.1 Å². The first-order chi connectivity index (χ1) is 13.7. The Morgan fingerprint density at radius 1 is 1.04 bits per heavy atom. The zero-order chi connectivity index (χ0) is 19.3. The number of amides is 1. The van der Waals surface area contributed by atoms with Crippen molar-refractivity contribution < 1.29 is 4.79 Å². The summed E-state index contributed by atoms with van der Waals surface area (Å²) in [6, 6.07) is 19.8. The van der Waals surface area contributed by atoms with Crippen molar-refractivity contribution in [2.45, 2.75) is 18.6 Å². The van der Waals surface area contributed by atoms with Crippen LogP contribution in [0, 0.1) is 6.92 Å². The van der Waals surface area contributed by atoms with Crippen LogP contribution < -0.4 is 5.32 Å². The Morgan fingerprint density at radius 2 is 1.79 bits per heavy atom. The minimum atomic E-state index is -0.0450. The number of rotatable bonds is 6. The van der Waals surface area contributed by atoms with Gasteiger partial charge in [0.2, 0.25) is 5.91 Å². The molecule has 5 nitrogen and oxygen atoms in total. The SMILES string of the molecule is Cc1ccc(NC(=O)CSc2nc3ccccc3n2Cc2ccncc2)cc1. The molecule has 4 rings (SSSR count). The number of imidazole rings is 1. The highest BCUT2D eigenvalue weighted by molar-refractivity contribution is 7.99. The molecule has 0 saturated carbocycles. The smallest absolute Gasteiger partial charge is 0.234 e. The zero-order valence-electron chi connectivity index (χ0n) is 15.5. The van der Waals surface area contributed by atoms with Crippen molar-refractivity contribution in [1.29, 1.82) is 0 Å². The average Bonchev–Trinajstić information content (AvgIpc) is 3.06. The number of fused-ring (bicyclic) bond motifs is 1. The number of hydrogen-bond donors (Lipinski definition) is 1. The van der Waals surface area contributed by atoms with Crippen molar-refractivity contribution in [3.05, 3.63) is 84.2 Å². The Morgan fingerprint density at radius 3 is 2.57 bits per heavy atom. The van der Waals surface area contributed by atoms with Crippen LogP contribution in [0.15, 0.2) is 78.2 Å². The molecule has 2 heterocycles. The van der Waals surface area contributed by atoms with Crippen LogP contribution in [0.25, 0.3) is 11.0 Å². The standard InChI is InChI=1S/C22H20N4OS/c1-16-6-8-18(9-7-16)24-21(27)15-28-22-25-19-4-2-3-5-20(19)26(22)14-17-10-12-23-13-11-17/h2-13H,14-15H2,1H3,(H,24,27). The molecule has 0 aliphatic heterocycles. The number of aromatic nitrogens is 3. The topological polar surface area (TPSA) is 59.8 Å². The maximum Gasteiger partial charge on any atom is 0.234 e. The number of pyridine rings is 1. The lowest BCUT2D eigenvalue weighted by atomic mass is 10.2. The minimum Gasteiger partial charge on any atom is -0.325 e.